The van der Waals surface area contributed by atoms with Crippen molar-refractivity contribution in [3.8, 4) is 5.69 Å². The molecule has 2 heterocycles. The quantitative estimate of drug-likeness (QED) is 0.624. The predicted octanol–water partition coefficient (Wildman–Crippen LogP) is 3.89. The molecule has 0 amide bonds. The summed E-state index contributed by atoms with van der Waals surface area (Å²) in [5.74, 6) is 0. The Labute approximate surface area is 178 Å². The first-order valence-electron chi connectivity index (χ1n) is 11.0. The molecule has 1 atom stereocenters. The number of anilines is 2. The van der Waals surface area contributed by atoms with E-state index in [1.54, 1.807) is 15.6 Å². The second-order valence-electron chi connectivity index (χ2n) is 8.00. The lowest BCUT2D eigenvalue weighted by Crippen LogP contribution is -2.46. The standard InChI is InChI=1S/C24H31N5O/c1-4-19(3)29-24(30)28(18-25-29)23-12-10-22(11-13-23)27-16-14-26(15-17-27)21-8-6-20(5-2)7-9-21/h6-13,18-19H,4-5,14-17H2,1-3H3. The molecule has 1 aliphatic heterocycles. The van der Waals surface area contributed by atoms with Crippen LogP contribution in [0.25, 0.3) is 5.69 Å². The molecule has 30 heavy (non-hydrogen) atoms. The van der Waals surface area contributed by atoms with E-state index < -0.39 is 0 Å². The third-order valence-corrected chi connectivity index (χ3v) is 6.18. The van der Waals surface area contributed by atoms with Crippen LogP contribution in [0.1, 0.15) is 38.8 Å². The van der Waals surface area contributed by atoms with Gasteiger partial charge in [0, 0.05) is 37.6 Å². The van der Waals surface area contributed by atoms with Gasteiger partial charge in [-0.25, -0.2) is 14.0 Å². The van der Waals surface area contributed by atoms with Gasteiger partial charge in [-0.15, -0.1) is 0 Å². The van der Waals surface area contributed by atoms with Gasteiger partial charge in [-0.1, -0.05) is 26.0 Å². The Bertz CT molecular complexity index is 1010. The maximum absolute atomic E-state index is 12.6. The molecule has 0 bridgehead atoms. The van der Waals surface area contributed by atoms with E-state index in [1.165, 1.54) is 16.9 Å². The molecule has 1 unspecified atom stereocenters. The number of piperazine rings is 1. The van der Waals surface area contributed by atoms with E-state index in [0.29, 0.717) is 0 Å². The van der Waals surface area contributed by atoms with Gasteiger partial charge in [-0.3, -0.25) is 0 Å². The summed E-state index contributed by atoms with van der Waals surface area (Å²) in [4.78, 5) is 17.5. The highest BCUT2D eigenvalue weighted by Gasteiger charge is 2.18. The Kier molecular flexibility index (Phi) is 5.93. The van der Waals surface area contributed by atoms with Crippen LogP contribution in [0.5, 0.6) is 0 Å². The molecule has 3 aromatic rings. The van der Waals surface area contributed by atoms with Gasteiger partial charge in [0.15, 0.2) is 0 Å². The highest BCUT2D eigenvalue weighted by atomic mass is 16.2. The number of hydrogen-bond acceptors (Lipinski definition) is 4. The van der Waals surface area contributed by atoms with Crippen LogP contribution >= 0.6 is 0 Å². The SMILES string of the molecule is CCc1ccc(N2CCN(c3ccc(-n4cnn(C(C)CC)c4=O)cc3)CC2)cc1. The smallest absolute Gasteiger partial charge is 0.350 e. The van der Waals surface area contributed by atoms with Crippen molar-refractivity contribution >= 4 is 11.4 Å². The number of benzene rings is 2. The van der Waals surface area contributed by atoms with E-state index in [0.717, 1.165) is 44.7 Å². The maximum atomic E-state index is 12.6. The lowest BCUT2D eigenvalue weighted by molar-refractivity contribution is 0.460. The van der Waals surface area contributed by atoms with E-state index in [4.69, 9.17) is 0 Å². The first-order valence-corrected chi connectivity index (χ1v) is 11.0. The fourth-order valence-corrected chi connectivity index (χ4v) is 3.96. The van der Waals surface area contributed by atoms with Crippen LogP contribution in [0.4, 0.5) is 11.4 Å². The average molecular weight is 406 g/mol. The molecule has 4 rings (SSSR count). The number of aromatic nitrogens is 3. The third kappa shape index (κ3) is 3.99. The maximum Gasteiger partial charge on any atom is 0.350 e. The second-order valence-corrected chi connectivity index (χ2v) is 8.00. The summed E-state index contributed by atoms with van der Waals surface area (Å²) >= 11 is 0. The number of nitrogens with zero attached hydrogens (tertiary/aromatic N) is 5. The monoisotopic (exact) mass is 405 g/mol. The summed E-state index contributed by atoms with van der Waals surface area (Å²) < 4.78 is 3.17. The van der Waals surface area contributed by atoms with Crippen molar-refractivity contribution in [3.63, 3.8) is 0 Å². The van der Waals surface area contributed by atoms with E-state index in [1.807, 2.05) is 19.1 Å². The first kappa shape index (κ1) is 20.3. The molecule has 2 aromatic carbocycles. The van der Waals surface area contributed by atoms with Gasteiger partial charge in [-0.05, 0) is 61.7 Å². The molecule has 6 heteroatoms. The van der Waals surface area contributed by atoms with Gasteiger partial charge in [0.25, 0.3) is 0 Å². The van der Waals surface area contributed by atoms with Gasteiger partial charge in [0.1, 0.15) is 6.33 Å². The second kappa shape index (κ2) is 8.78. The van der Waals surface area contributed by atoms with E-state index >= 15 is 0 Å². The molecule has 0 saturated carbocycles. The topological polar surface area (TPSA) is 46.3 Å². The Morgan fingerprint density at radius 2 is 1.33 bits per heavy atom. The number of hydrogen-bond donors (Lipinski definition) is 0. The zero-order valence-electron chi connectivity index (χ0n) is 18.2. The van der Waals surface area contributed by atoms with Crippen LogP contribution in [-0.2, 0) is 6.42 Å². The fraction of sp³-hybridized carbons (Fsp3) is 0.417. The summed E-state index contributed by atoms with van der Waals surface area (Å²) in [6.45, 7) is 10.3. The van der Waals surface area contributed by atoms with Crippen LogP contribution in [-0.4, -0.2) is 40.5 Å². The van der Waals surface area contributed by atoms with Crippen molar-refractivity contribution in [1.82, 2.24) is 14.3 Å². The molecule has 1 aliphatic rings. The van der Waals surface area contributed by atoms with Crippen LogP contribution < -0.4 is 15.5 Å². The summed E-state index contributed by atoms with van der Waals surface area (Å²) in [5, 5.41) is 4.27. The molecule has 0 aliphatic carbocycles. The van der Waals surface area contributed by atoms with Gasteiger partial charge in [0.2, 0.25) is 0 Å². The first-order chi connectivity index (χ1) is 14.6. The van der Waals surface area contributed by atoms with Crippen molar-refractivity contribution in [2.24, 2.45) is 0 Å². The lowest BCUT2D eigenvalue weighted by atomic mass is 10.1. The summed E-state index contributed by atoms with van der Waals surface area (Å²) in [6.07, 6.45) is 3.57. The van der Waals surface area contributed by atoms with Gasteiger partial charge >= 0.3 is 5.69 Å². The van der Waals surface area contributed by atoms with Crippen molar-refractivity contribution in [2.45, 2.75) is 39.7 Å². The Morgan fingerprint density at radius 3 is 1.83 bits per heavy atom. The highest BCUT2D eigenvalue weighted by Crippen LogP contribution is 2.22. The van der Waals surface area contributed by atoms with Crippen LogP contribution in [0.3, 0.4) is 0 Å². The summed E-state index contributed by atoms with van der Waals surface area (Å²) in [7, 11) is 0. The summed E-state index contributed by atoms with van der Waals surface area (Å²) in [5.41, 5.74) is 4.65. The Hall–Kier alpha value is -3.02. The Morgan fingerprint density at radius 1 is 0.833 bits per heavy atom. The largest absolute Gasteiger partial charge is 0.368 e. The lowest BCUT2D eigenvalue weighted by Gasteiger charge is -2.37. The zero-order chi connectivity index (χ0) is 21.1. The summed E-state index contributed by atoms with van der Waals surface area (Å²) in [6, 6.07) is 17.3. The minimum Gasteiger partial charge on any atom is -0.368 e. The molecule has 1 aromatic heterocycles. The van der Waals surface area contributed by atoms with Crippen molar-refractivity contribution in [1.29, 1.82) is 0 Å². The minimum absolute atomic E-state index is 0.0835. The van der Waals surface area contributed by atoms with Crippen LogP contribution in [0, 0.1) is 0 Å². The van der Waals surface area contributed by atoms with Gasteiger partial charge in [0.05, 0.1) is 11.7 Å². The normalized spacial score (nSPS) is 15.4. The van der Waals surface area contributed by atoms with E-state index in [9.17, 15) is 4.79 Å². The molecular weight excluding hydrogens is 374 g/mol. The number of aryl methyl sites for hydroxylation is 1. The van der Waals surface area contributed by atoms with Crippen molar-refractivity contribution in [3.05, 3.63) is 70.9 Å². The van der Waals surface area contributed by atoms with E-state index in [-0.39, 0.29) is 11.7 Å². The highest BCUT2D eigenvalue weighted by molar-refractivity contribution is 5.54. The molecule has 1 saturated heterocycles. The average Bonchev–Trinajstić information content (AvgIpc) is 3.20. The van der Waals surface area contributed by atoms with Gasteiger partial charge < -0.3 is 9.80 Å². The molecule has 0 N–H and O–H groups in total. The zero-order valence-corrected chi connectivity index (χ0v) is 18.2. The minimum atomic E-state index is -0.0835. The molecule has 158 valence electrons. The van der Waals surface area contributed by atoms with E-state index in [2.05, 4.69) is 65.1 Å². The Balaban J connectivity index is 1.42. The third-order valence-electron chi connectivity index (χ3n) is 6.18. The molecule has 6 nitrogen and oxygen atoms in total. The molecule has 0 spiro atoms. The molecule has 0 radical (unpaired) electrons. The number of rotatable bonds is 6. The van der Waals surface area contributed by atoms with Crippen molar-refractivity contribution < 1.29 is 0 Å². The van der Waals surface area contributed by atoms with Crippen LogP contribution in [0.2, 0.25) is 0 Å². The van der Waals surface area contributed by atoms with Crippen LogP contribution in [0.15, 0.2) is 59.7 Å². The van der Waals surface area contributed by atoms with Crippen molar-refractivity contribution in [2.75, 3.05) is 36.0 Å². The molecular formula is C24H31N5O. The van der Waals surface area contributed by atoms with Gasteiger partial charge in [-0.2, -0.15) is 5.10 Å². The molecule has 1 fully saturated rings. The predicted molar refractivity (Wildman–Crippen MR) is 123 cm³/mol. The fourth-order valence-electron chi connectivity index (χ4n) is 3.96.